The number of unbranched alkanes of at least 4 members (excludes halogenated alkanes) is 1. The van der Waals surface area contributed by atoms with Crippen LogP contribution in [0.4, 0.5) is 39.8 Å². The van der Waals surface area contributed by atoms with Crippen LogP contribution in [0, 0.1) is 0 Å². The zero-order valence-corrected chi connectivity index (χ0v) is 30.6. The van der Waals surface area contributed by atoms with E-state index in [1.165, 1.54) is 0 Å². The van der Waals surface area contributed by atoms with Gasteiger partial charge in [0.2, 0.25) is 0 Å². The van der Waals surface area contributed by atoms with Crippen molar-refractivity contribution in [1.29, 1.82) is 0 Å². The predicted octanol–water partition coefficient (Wildman–Crippen LogP) is 14.6. The van der Waals surface area contributed by atoms with Crippen LogP contribution in [0.15, 0.2) is 164 Å². The Kier molecular flexibility index (Phi) is 11.1. The first kappa shape index (κ1) is 35.8. The molecule has 0 fully saturated rings. The highest BCUT2D eigenvalue weighted by Crippen LogP contribution is 2.39. The van der Waals surface area contributed by atoms with Crippen LogP contribution in [0.5, 0.6) is 0 Å². The van der Waals surface area contributed by atoms with Crippen molar-refractivity contribution in [3.63, 3.8) is 0 Å². The minimum atomic E-state index is -0.335. The third-order valence-corrected chi connectivity index (χ3v) is 9.31. The molecule has 1 atom stereocenters. The van der Waals surface area contributed by atoms with E-state index in [1.807, 2.05) is 91.0 Å². The molecule has 1 unspecified atom stereocenters. The van der Waals surface area contributed by atoms with Crippen molar-refractivity contribution in [3.8, 4) is 0 Å². The molecule has 0 saturated carbocycles. The monoisotopic (exact) mass is 711 g/mol. The van der Waals surface area contributed by atoms with Gasteiger partial charge in [0.15, 0.2) is 0 Å². The smallest absolute Gasteiger partial charge is 0.338 e. The average Bonchev–Trinajstić information content (AvgIpc) is 3.22. The fourth-order valence-corrected chi connectivity index (χ4v) is 6.13. The van der Waals surface area contributed by atoms with E-state index < -0.39 is 0 Å². The summed E-state index contributed by atoms with van der Waals surface area (Å²) in [5.41, 5.74) is 5.89. The van der Waals surface area contributed by atoms with Gasteiger partial charge in [-0.05, 0) is 80.4 Å². The standard InChI is InChI=1S/C45H41N7O2/c1-4-6-29-54-45(53)31-19-21-32(22-20-31)47-48-40-25-26-42(36-16-10-9-15-35(36)40)51-52-44-28-27-43(37-17-11-12-18-38(37)44)50-49-41-24-23-39(46-30(3)5-2)33-13-7-8-14-34(33)41/h7-28,30,46H,4-6,29H2,1-3H3. The van der Waals surface area contributed by atoms with Crippen LogP contribution in [0.1, 0.15) is 50.4 Å². The lowest BCUT2D eigenvalue weighted by Crippen LogP contribution is -2.13. The molecule has 7 aromatic carbocycles. The fourth-order valence-electron chi connectivity index (χ4n) is 6.13. The van der Waals surface area contributed by atoms with Crippen LogP contribution >= 0.6 is 0 Å². The SMILES string of the molecule is CCCCOC(=O)c1ccc(N=Nc2ccc(N=Nc3ccc(N=Nc4ccc(NC(C)CC)c5ccccc45)c4ccccc34)c3ccccc23)cc1. The van der Waals surface area contributed by atoms with E-state index in [2.05, 4.69) is 54.5 Å². The molecule has 54 heavy (non-hydrogen) atoms. The predicted molar refractivity (Wildman–Crippen MR) is 219 cm³/mol. The van der Waals surface area contributed by atoms with Crippen LogP contribution in [-0.2, 0) is 4.74 Å². The molecule has 0 aromatic heterocycles. The second-order valence-corrected chi connectivity index (χ2v) is 13.1. The van der Waals surface area contributed by atoms with Crippen molar-refractivity contribution >= 4 is 78.1 Å². The maximum Gasteiger partial charge on any atom is 0.338 e. The first-order valence-electron chi connectivity index (χ1n) is 18.4. The second-order valence-electron chi connectivity index (χ2n) is 13.1. The topological polar surface area (TPSA) is 112 Å². The first-order valence-corrected chi connectivity index (χ1v) is 18.4. The maximum atomic E-state index is 12.3. The summed E-state index contributed by atoms with van der Waals surface area (Å²) in [6.07, 6.45) is 2.85. The third-order valence-electron chi connectivity index (χ3n) is 9.31. The minimum absolute atomic E-state index is 0.335. The summed E-state index contributed by atoms with van der Waals surface area (Å²) in [4.78, 5) is 12.3. The number of azo groups is 3. The number of nitrogens with one attached hydrogen (secondary N) is 1. The van der Waals surface area contributed by atoms with Crippen LogP contribution in [0.2, 0.25) is 0 Å². The Balaban J connectivity index is 1.13. The van der Waals surface area contributed by atoms with Crippen molar-refractivity contribution in [2.24, 2.45) is 30.7 Å². The zero-order valence-electron chi connectivity index (χ0n) is 30.6. The van der Waals surface area contributed by atoms with E-state index in [0.717, 1.165) is 74.3 Å². The van der Waals surface area contributed by atoms with Gasteiger partial charge in [0.25, 0.3) is 0 Å². The number of esters is 1. The molecule has 0 aliphatic heterocycles. The Morgan fingerprint density at radius 1 is 0.537 bits per heavy atom. The fraction of sp³-hybridized carbons (Fsp3) is 0.178. The molecule has 9 nitrogen and oxygen atoms in total. The van der Waals surface area contributed by atoms with Crippen LogP contribution in [-0.4, -0.2) is 18.6 Å². The van der Waals surface area contributed by atoms with Crippen LogP contribution in [0.25, 0.3) is 32.3 Å². The minimum Gasteiger partial charge on any atom is -0.462 e. The van der Waals surface area contributed by atoms with Gasteiger partial charge >= 0.3 is 5.97 Å². The lowest BCUT2D eigenvalue weighted by atomic mass is 10.1. The number of rotatable bonds is 13. The van der Waals surface area contributed by atoms with E-state index in [-0.39, 0.29) is 5.97 Å². The summed E-state index contributed by atoms with van der Waals surface area (Å²) >= 11 is 0. The van der Waals surface area contributed by atoms with Crippen molar-refractivity contribution in [3.05, 3.63) is 139 Å². The lowest BCUT2D eigenvalue weighted by Gasteiger charge is -2.15. The van der Waals surface area contributed by atoms with Gasteiger partial charge in [0.05, 0.1) is 46.3 Å². The Bertz CT molecular complexity index is 2530. The summed E-state index contributed by atoms with van der Waals surface area (Å²) in [6, 6.07) is 43.3. The molecular weight excluding hydrogens is 671 g/mol. The number of fused-ring (bicyclic) bond motifs is 3. The number of benzene rings is 7. The van der Waals surface area contributed by atoms with E-state index in [4.69, 9.17) is 25.2 Å². The number of anilines is 1. The maximum absolute atomic E-state index is 12.3. The normalized spacial score (nSPS) is 12.4. The highest BCUT2D eigenvalue weighted by Gasteiger charge is 2.11. The highest BCUT2D eigenvalue weighted by molar-refractivity contribution is 6.02. The molecule has 268 valence electrons. The largest absolute Gasteiger partial charge is 0.462 e. The number of hydrogen-bond donors (Lipinski definition) is 1. The Labute approximate surface area is 314 Å². The number of carbonyl (C=O) groups excluding carboxylic acids is 1. The van der Waals surface area contributed by atoms with Gasteiger partial charge in [-0.2, -0.15) is 5.11 Å². The summed E-state index contributed by atoms with van der Waals surface area (Å²) in [5, 5.41) is 37.3. The van der Waals surface area contributed by atoms with Gasteiger partial charge in [0, 0.05) is 44.0 Å². The molecule has 1 N–H and O–H groups in total. The van der Waals surface area contributed by atoms with E-state index in [0.29, 0.717) is 35.3 Å². The van der Waals surface area contributed by atoms with Gasteiger partial charge in [-0.1, -0.05) is 93.1 Å². The molecule has 0 spiro atoms. The van der Waals surface area contributed by atoms with Gasteiger partial charge in [-0.15, -0.1) is 25.6 Å². The number of nitrogens with zero attached hydrogens (tertiary/aromatic N) is 6. The van der Waals surface area contributed by atoms with Crippen molar-refractivity contribution < 1.29 is 9.53 Å². The molecule has 0 amide bonds. The van der Waals surface area contributed by atoms with Crippen molar-refractivity contribution in [2.45, 2.75) is 46.1 Å². The van der Waals surface area contributed by atoms with Gasteiger partial charge in [-0.3, -0.25) is 0 Å². The van der Waals surface area contributed by atoms with Gasteiger partial charge < -0.3 is 10.1 Å². The van der Waals surface area contributed by atoms with E-state index >= 15 is 0 Å². The summed E-state index contributed by atoms with van der Waals surface area (Å²) in [5.74, 6) is -0.335. The quantitative estimate of drug-likeness (QED) is 0.0729. The van der Waals surface area contributed by atoms with Crippen molar-refractivity contribution in [2.75, 3.05) is 11.9 Å². The molecular formula is C45H41N7O2. The van der Waals surface area contributed by atoms with Gasteiger partial charge in [-0.25, -0.2) is 4.79 Å². The highest BCUT2D eigenvalue weighted by atomic mass is 16.5. The Morgan fingerprint density at radius 2 is 0.944 bits per heavy atom. The molecule has 0 aliphatic carbocycles. The van der Waals surface area contributed by atoms with Crippen LogP contribution < -0.4 is 5.32 Å². The molecule has 0 radical (unpaired) electrons. The Morgan fingerprint density at radius 3 is 1.39 bits per heavy atom. The third kappa shape index (κ3) is 8.05. The van der Waals surface area contributed by atoms with Crippen molar-refractivity contribution in [1.82, 2.24) is 0 Å². The Hall–Kier alpha value is -6.61. The molecule has 0 bridgehead atoms. The number of hydrogen-bond acceptors (Lipinski definition) is 9. The number of ether oxygens (including phenoxy) is 1. The molecule has 7 aromatic rings. The molecule has 9 heteroatoms. The molecule has 0 aliphatic rings. The summed E-state index contributed by atoms with van der Waals surface area (Å²) < 4.78 is 5.30. The van der Waals surface area contributed by atoms with E-state index in [1.54, 1.807) is 24.3 Å². The second kappa shape index (κ2) is 16.8. The summed E-state index contributed by atoms with van der Waals surface area (Å²) in [6.45, 7) is 6.83. The molecule has 0 saturated heterocycles. The first-order chi connectivity index (χ1) is 26.5. The zero-order chi connectivity index (χ0) is 37.3. The van der Waals surface area contributed by atoms with Gasteiger partial charge in [0.1, 0.15) is 0 Å². The lowest BCUT2D eigenvalue weighted by molar-refractivity contribution is 0.0499. The van der Waals surface area contributed by atoms with Crippen LogP contribution in [0.3, 0.4) is 0 Å². The number of carbonyl (C=O) groups is 1. The van der Waals surface area contributed by atoms with E-state index in [9.17, 15) is 4.79 Å². The molecule has 7 rings (SSSR count). The molecule has 0 heterocycles. The summed E-state index contributed by atoms with van der Waals surface area (Å²) in [7, 11) is 0. The average molecular weight is 712 g/mol.